The number of nitrogens with zero attached hydrogens (tertiary/aromatic N) is 1. The minimum absolute atomic E-state index is 0.158. The second-order valence-corrected chi connectivity index (χ2v) is 13.9. The van der Waals surface area contributed by atoms with Crippen LogP contribution in [0.3, 0.4) is 0 Å². The van der Waals surface area contributed by atoms with Gasteiger partial charge in [-0.2, -0.15) is 0 Å². The van der Waals surface area contributed by atoms with E-state index in [0.717, 1.165) is 54.3 Å². The molecule has 8 nitrogen and oxygen atoms in total. The fourth-order valence-electron chi connectivity index (χ4n) is 9.58. The highest BCUT2D eigenvalue weighted by atomic mass is 16.6. The van der Waals surface area contributed by atoms with Crippen LogP contribution in [-0.2, 0) is 30.4 Å². The van der Waals surface area contributed by atoms with E-state index in [4.69, 9.17) is 9.57 Å². The highest BCUT2D eigenvalue weighted by molar-refractivity contribution is 5.96. The van der Waals surface area contributed by atoms with Crippen LogP contribution in [0.15, 0.2) is 47.3 Å². The van der Waals surface area contributed by atoms with E-state index in [9.17, 15) is 14.4 Å². The van der Waals surface area contributed by atoms with Crippen molar-refractivity contribution in [3.05, 3.63) is 47.7 Å². The largest absolute Gasteiger partial charge is 0.467 e. The number of methoxy groups -OCH3 is 1. The van der Waals surface area contributed by atoms with Crippen LogP contribution in [0.25, 0.3) is 10.9 Å². The van der Waals surface area contributed by atoms with Gasteiger partial charge in [-0.3, -0.25) is 9.59 Å². The maximum Gasteiger partial charge on any atom is 0.328 e. The lowest BCUT2D eigenvalue weighted by Gasteiger charge is -2.58. The average molecular weight is 588 g/mol. The molecule has 0 radical (unpaired) electrons. The quantitative estimate of drug-likeness (QED) is 0.295. The molecular formula is C35H45N3O5. The number of allylic oxidation sites excluding steroid dienone is 2. The molecular weight excluding hydrogens is 542 g/mol. The zero-order valence-electron chi connectivity index (χ0n) is 25.9. The summed E-state index contributed by atoms with van der Waals surface area (Å²) in [6, 6.07) is 7.01. The topological polar surface area (TPSA) is 110 Å². The van der Waals surface area contributed by atoms with Gasteiger partial charge in [-0.05, 0) is 105 Å². The van der Waals surface area contributed by atoms with Crippen LogP contribution in [0.2, 0.25) is 0 Å². The van der Waals surface area contributed by atoms with Crippen LogP contribution in [0, 0.1) is 34.5 Å². The maximum absolute atomic E-state index is 12.8. The molecule has 0 saturated heterocycles. The number of ketones is 1. The summed E-state index contributed by atoms with van der Waals surface area (Å²) in [6.07, 6.45) is 13.1. The summed E-state index contributed by atoms with van der Waals surface area (Å²) < 4.78 is 4.96. The van der Waals surface area contributed by atoms with Crippen molar-refractivity contribution in [3.8, 4) is 0 Å². The van der Waals surface area contributed by atoms with Gasteiger partial charge < -0.3 is 19.9 Å². The molecule has 0 aliphatic heterocycles. The van der Waals surface area contributed by atoms with Crippen molar-refractivity contribution in [1.82, 2.24) is 10.3 Å². The van der Waals surface area contributed by atoms with Crippen molar-refractivity contribution in [2.45, 2.75) is 84.6 Å². The zero-order valence-corrected chi connectivity index (χ0v) is 25.9. The number of ether oxygens (including phenoxy) is 1. The van der Waals surface area contributed by atoms with Crippen LogP contribution < -0.4 is 5.32 Å². The summed E-state index contributed by atoms with van der Waals surface area (Å²) in [7, 11) is 1.32. The molecule has 43 heavy (non-hydrogen) atoms. The number of rotatable bonds is 8. The Labute approximate surface area is 254 Å². The number of amides is 1. The van der Waals surface area contributed by atoms with E-state index in [1.54, 1.807) is 6.92 Å². The van der Waals surface area contributed by atoms with E-state index >= 15 is 0 Å². The number of aromatic nitrogens is 1. The van der Waals surface area contributed by atoms with Crippen LogP contribution in [0.1, 0.15) is 77.7 Å². The number of esters is 1. The van der Waals surface area contributed by atoms with Crippen molar-refractivity contribution in [3.63, 3.8) is 0 Å². The number of H-pyrrole nitrogens is 1. The van der Waals surface area contributed by atoms with Crippen LogP contribution in [0.5, 0.6) is 0 Å². The summed E-state index contributed by atoms with van der Waals surface area (Å²) in [5.41, 5.74) is 4.56. The summed E-state index contributed by atoms with van der Waals surface area (Å²) in [6.45, 7) is 6.37. The van der Waals surface area contributed by atoms with E-state index in [1.165, 1.54) is 31.9 Å². The molecule has 0 bridgehead atoms. The number of hydrogen-bond acceptors (Lipinski definition) is 6. The third-order valence-electron chi connectivity index (χ3n) is 11.8. The number of carbonyl (C=O) groups excluding carboxylic acids is 3. The Bertz CT molecular complexity index is 1470. The minimum atomic E-state index is -0.830. The van der Waals surface area contributed by atoms with Gasteiger partial charge >= 0.3 is 5.97 Å². The van der Waals surface area contributed by atoms with E-state index in [1.807, 2.05) is 30.5 Å². The van der Waals surface area contributed by atoms with Crippen molar-refractivity contribution in [2.75, 3.05) is 13.7 Å². The first-order valence-electron chi connectivity index (χ1n) is 16.0. The Morgan fingerprint density at radius 2 is 1.88 bits per heavy atom. The van der Waals surface area contributed by atoms with Gasteiger partial charge in [0.1, 0.15) is 11.8 Å². The SMILES string of the molecule is COC(=O)[C@H](Cc1c[nH]c2ccccc12)NC(=O)CO/N=C1/C=C2CC[C@H]3[C@@H]4CC[C@H](C(C)=O)[C@@]4(C)CC[C@@H]3[C@@]2(C)CC1. The Kier molecular flexibility index (Phi) is 7.99. The van der Waals surface area contributed by atoms with Gasteiger partial charge in [-0.1, -0.05) is 42.8 Å². The molecule has 0 spiro atoms. The van der Waals surface area contributed by atoms with Crippen molar-refractivity contribution >= 4 is 34.3 Å². The first-order chi connectivity index (χ1) is 20.6. The third-order valence-corrected chi connectivity index (χ3v) is 11.8. The van der Waals surface area contributed by atoms with E-state index in [0.29, 0.717) is 30.0 Å². The van der Waals surface area contributed by atoms with Gasteiger partial charge in [0.15, 0.2) is 6.61 Å². The van der Waals surface area contributed by atoms with E-state index in [-0.39, 0.29) is 23.4 Å². The fourth-order valence-corrected chi connectivity index (χ4v) is 9.58. The highest BCUT2D eigenvalue weighted by Crippen LogP contribution is 2.66. The van der Waals surface area contributed by atoms with Gasteiger partial charge in [0, 0.05) is 29.4 Å². The van der Waals surface area contributed by atoms with Gasteiger partial charge in [0.2, 0.25) is 0 Å². The van der Waals surface area contributed by atoms with Gasteiger partial charge in [0.05, 0.1) is 12.8 Å². The molecule has 3 fully saturated rings. The van der Waals surface area contributed by atoms with Gasteiger partial charge in [-0.25, -0.2) is 4.79 Å². The number of Topliss-reactive ketones (excluding diaryl/α,β-unsaturated/α-hetero) is 1. The van der Waals surface area contributed by atoms with Gasteiger partial charge in [-0.15, -0.1) is 0 Å². The molecule has 1 aromatic carbocycles. The smallest absolute Gasteiger partial charge is 0.328 e. The number of fused-ring (bicyclic) bond motifs is 6. The lowest BCUT2D eigenvalue weighted by molar-refractivity contribution is -0.145. The highest BCUT2D eigenvalue weighted by Gasteiger charge is 2.59. The Morgan fingerprint density at radius 3 is 2.67 bits per heavy atom. The predicted octanol–water partition coefficient (Wildman–Crippen LogP) is 5.91. The molecule has 4 aliphatic rings. The molecule has 2 N–H and O–H groups in total. The molecule has 1 heterocycles. The minimum Gasteiger partial charge on any atom is -0.467 e. The number of oxime groups is 1. The summed E-state index contributed by atoms with van der Waals surface area (Å²) in [5, 5.41) is 8.12. The summed E-state index contributed by atoms with van der Waals surface area (Å²) in [5.74, 6) is 1.69. The normalized spacial score (nSPS) is 33.1. The monoisotopic (exact) mass is 587 g/mol. The van der Waals surface area contributed by atoms with Crippen LogP contribution >= 0.6 is 0 Å². The molecule has 4 aliphatic carbocycles. The van der Waals surface area contributed by atoms with Crippen molar-refractivity contribution in [2.24, 2.45) is 39.7 Å². The molecule has 1 aromatic heterocycles. The first-order valence-corrected chi connectivity index (χ1v) is 16.0. The maximum atomic E-state index is 12.8. The van der Waals surface area contributed by atoms with Crippen LogP contribution in [-0.4, -0.2) is 48.1 Å². The van der Waals surface area contributed by atoms with Crippen molar-refractivity contribution in [1.29, 1.82) is 0 Å². The number of aromatic amines is 1. The number of nitrogens with one attached hydrogen (secondary N) is 2. The van der Waals surface area contributed by atoms with E-state index < -0.39 is 17.9 Å². The third kappa shape index (κ3) is 5.31. The fraction of sp³-hybridized carbons (Fsp3) is 0.600. The standard InChI is InChI=1S/C35H45N3O5/c1-21(39)27-11-12-28-26-10-9-23-18-24(13-15-34(23,2)29(26)14-16-35(27,28)3)38-43-20-32(40)37-31(33(41)42-4)17-22-19-36-30-8-6-5-7-25(22)30/h5-8,18-19,26-29,31,36H,9-17,20H2,1-4H3,(H,37,40)/b38-24+/t26-,27+,28-,29-,31-,34-,35+/m0/s1. The molecule has 3 saturated carbocycles. The zero-order chi connectivity index (χ0) is 30.4. The number of hydrogen-bond donors (Lipinski definition) is 2. The average Bonchev–Trinajstić information content (AvgIpc) is 3.57. The molecule has 2 aromatic rings. The van der Waals surface area contributed by atoms with Gasteiger partial charge in [0.25, 0.3) is 5.91 Å². The Hall–Kier alpha value is -3.42. The van der Waals surface area contributed by atoms with Crippen LogP contribution in [0.4, 0.5) is 0 Å². The molecule has 0 unspecified atom stereocenters. The first kappa shape index (κ1) is 29.6. The Morgan fingerprint density at radius 1 is 1.07 bits per heavy atom. The lowest BCUT2D eigenvalue weighted by Crippen LogP contribution is -2.51. The predicted molar refractivity (Wildman–Crippen MR) is 165 cm³/mol. The molecule has 7 atom stereocenters. The number of carbonyl (C=O) groups is 3. The number of benzene rings is 1. The molecule has 1 amide bonds. The Balaban J connectivity index is 1.07. The second-order valence-electron chi connectivity index (χ2n) is 13.9. The number of para-hydroxylation sites is 1. The molecule has 230 valence electrons. The summed E-state index contributed by atoms with van der Waals surface area (Å²) in [4.78, 5) is 46.4. The van der Waals surface area contributed by atoms with E-state index in [2.05, 4.69) is 35.4 Å². The molecule has 8 heteroatoms. The molecule has 6 rings (SSSR count). The second kappa shape index (κ2) is 11.6. The van der Waals surface area contributed by atoms with Crippen molar-refractivity contribution < 1.29 is 24.0 Å². The summed E-state index contributed by atoms with van der Waals surface area (Å²) >= 11 is 0. The lowest BCUT2D eigenvalue weighted by atomic mass is 9.46.